The third-order valence-corrected chi connectivity index (χ3v) is 16.7. The van der Waals surface area contributed by atoms with Gasteiger partial charge in [0.25, 0.3) is 0 Å². The quantitative estimate of drug-likeness (QED) is 0.156. The van der Waals surface area contributed by atoms with Gasteiger partial charge in [0.1, 0.15) is 24.0 Å². The second-order valence-corrected chi connectivity index (χ2v) is 27.6. The van der Waals surface area contributed by atoms with Crippen LogP contribution in [0.1, 0.15) is 54.0 Å². The fraction of sp³-hybridized carbons (Fsp3) is 0.185. The Morgan fingerprint density at radius 2 is 1.13 bits per heavy atom. The molecule has 350 valence electrons. The summed E-state index contributed by atoms with van der Waals surface area (Å²) >= 11 is 0. The molecule has 71 heavy (non-hydrogen) atoms. The van der Waals surface area contributed by atoms with Crippen molar-refractivity contribution in [2.75, 3.05) is 4.90 Å². The van der Waals surface area contributed by atoms with E-state index >= 15 is 0 Å². The highest BCUT2D eigenvalue weighted by molar-refractivity contribution is 6.88. The lowest BCUT2D eigenvalue weighted by Crippen LogP contribution is -2.38. The van der Waals surface area contributed by atoms with Crippen molar-refractivity contribution < 1.29 is 6.11 Å². The van der Waals surface area contributed by atoms with Gasteiger partial charge in [-0.25, -0.2) is 4.98 Å². The maximum absolute atomic E-state index is 9.11. The summed E-state index contributed by atoms with van der Waals surface area (Å²) in [6.45, 7) is 21.2. The summed E-state index contributed by atoms with van der Waals surface area (Å²) in [4.78, 5) is 7.44. The molecule has 1 aliphatic rings. The monoisotopic (exact) mass is 941 g/mol. The molecular formula is C65H60N4OSi. The van der Waals surface area contributed by atoms with Crippen LogP contribution in [0.5, 0.6) is 11.5 Å². The highest BCUT2D eigenvalue weighted by atomic mass is 28.3. The largest absolute Gasteiger partial charge is 0.457 e. The molecule has 11 aromatic rings. The molecule has 0 spiro atoms. The number of anilines is 2. The van der Waals surface area contributed by atoms with Crippen molar-refractivity contribution in [3.05, 3.63) is 199 Å². The van der Waals surface area contributed by atoms with Crippen LogP contribution in [0.3, 0.4) is 0 Å². The normalized spacial score (nSPS) is 13.3. The van der Waals surface area contributed by atoms with Gasteiger partial charge in [0.15, 0.2) is 0 Å². The molecule has 4 heterocycles. The van der Waals surface area contributed by atoms with Crippen LogP contribution in [0.4, 0.5) is 11.4 Å². The number of ether oxygens (including phenoxy) is 1. The molecule has 0 aliphatic carbocycles. The number of hydrogen-bond acceptors (Lipinski definition) is 3. The first-order valence-corrected chi connectivity index (χ1v) is 28.5. The first-order chi connectivity index (χ1) is 34.5. The first kappa shape index (κ1) is 43.4. The summed E-state index contributed by atoms with van der Waals surface area (Å²) < 4.78 is 21.1. The molecule has 8 aromatic carbocycles. The van der Waals surface area contributed by atoms with Gasteiger partial charge in [-0.2, -0.15) is 0 Å². The van der Waals surface area contributed by atoms with Crippen molar-refractivity contribution in [1.29, 1.82) is 0 Å². The maximum Gasteiger partial charge on any atom is 0.137 e. The minimum Gasteiger partial charge on any atom is -0.457 e. The van der Waals surface area contributed by atoms with Gasteiger partial charge in [0.05, 0.1) is 37.2 Å². The number of benzene rings is 8. The van der Waals surface area contributed by atoms with Crippen LogP contribution in [0.25, 0.3) is 82.1 Å². The molecule has 3 aromatic heterocycles. The molecule has 0 fully saturated rings. The zero-order chi connectivity index (χ0) is 49.8. The Kier molecular flexibility index (Phi) is 10.1. The van der Waals surface area contributed by atoms with E-state index < -0.39 is 8.07 Å². The van der Waals surface area contributed by atoms with E-state index in [0.717, 1.165) is 78.2 Å². The summed E-state index contributed by atoms with van der Waals surface area (Å²) in [5, 5.41) is 10.8. The molecular weight excluding hydrogens is 881 g/mol. The van der Waals surface area contributed by atoms with Gasteiger partial charge in [-0.15, -0.1) is 0 Å². The molecule has 0 saturated heterocycles. The van der Waals surface area contributed by atoms with E-state index in [2.05, 4.69) is 239 Å². The van der Waals surface area contributed by atoms with Crippen LogP contribution < -0.4 is 14.8 Å². The van der Waals surface area contributed by atoms with Crippen LogP contribution in [0, 0.1) is 0 Å². The van der Waals surface area contributed by atoms with Gasteiger partial charge >= 0.3 is 0 Å². The van der Waals surface area contributed by atoms with E-state index in [9.17, 15) is 0 Å². The van der Waals surface area contributed by atoms with Crippen LogP contribution >= 0.6 is 0 Å². The lowest BCUT2D eigenvalue weighted by atomic mass is 9.85. The molecule has 0 N–H and O–H groups in total. The van der Waals surface area contributed by atoms with Crippen LogP contribution in [0.15, 0.2) is 188 Å². The van der Waals surface area contributed by atoms with Crippen LogP contribution in [-0.2, 0) is 17.5 Å². The maximum atomic E-state index is 9.11. The van der Waals surface area contributed by atoms with E-state index in [-0.39, 0.29) is 10.8 Å². The molecule has 6 heteroatoms. The smallest absolute Gasteiger partial charge is 0.137 e. The van der Waals surface area contributed by atoms with E-state index in [4.69, 9.17) is 11.1 Å². The summed E-state index contributed by atoms with van der Waals surface area (Å²) in [5.74, 6) is 2.47. The van der Waals surface area contributed by atoms with Crippen molar-refractivity contribution >= 4 is 89.8 Å². The van der Waals surface area contributed by atoms with Gasteiger partial charge in [-0.3, -0.25) is 4.57 Å². The molecule has 12 rings (SSSR count). The van der Waals surface area contributed by atoms with Crippen molar-refractivity contribution in [1.82, 2.24) is 14.1 Å². The number of rotatable bonds is 6. The molecule has 5 nitrogen and oxygen atoms in total. The molecule has 0 saturated carbocycles. The Balaban J connectivity index is 1.09. The molecule has 0 atom stereocenters. The van der Waals surface area contributed by atoms with E-state index in [0.29, 0.717) is 12.7 Å². The summed E-state index contributed by atoms with van der Waals surface area (Å²) in [6.07, 6.45) is 1.93. The average molecular weight is 942 g/mol. The van der Waals surface area contributed by atoms with Gasteiger partial charge < -0.3 is 14.2 Å². The Hall–Kier alpha value is -7.67. The third kappa shape index (κ3) is 7.64. The van der Waals surface area contributed by atoms with Crippen molar-refractivity contribution in [2.45, 2.75) is 78.7 Å². The van der Waals surface area contributed by atoms with Gasteiger partial charge in [-0.1, -0.05) is 188 Å². The molecule has 0 unspecified atom stereocenters. The van der Waals surface area contributed by atoms with Gasteiger partial charge in [0, 0.05) is 51.1 Å². The molecule has 0 bridgehead atoms. The summed E-state index contributed by atoms with van der Waals surface area (Å²) in [5.41, 5.74) is 11.0. The van der Waals surface area contributed by atoms with Gasteiger partial charge in [-0.05, 0) is 97.6 Å². The minimum absolute atomic E-state index is 0.0281. The third-order valence-electron chi connectivity index (χ3n) is 14.6. The molecule has 0 radical (unpaired) electrons. The first-order valence-electron chi connectivity index (χ1n) is 25.5. The van der Waals surface area contributed by atoms with E-state index in [1.54, 1.807) is 0 Å². The lowest BCUT2D eigenvalue weighted by Gasteiger charge is -2.25. The molecule has 0 amide bonds. The number of para-hydroxylation sites is 3. The number of pyridine rings is 1. The molecule has 1 aliphatic heterocycles. The number of fused-ring (bicyclic) bond motifs is 10. The fourth-order valence-electron chi connectivity index (χ4n) is 10.8. The minimum atomic E-state index is -1.92. The van der Waals surface area contributed by atoms with E-state index in [1.807, 2.05) is 18.3 Å². The summed E-state index contributed by atoms with van der Waals surface area (Å²) in [6, 6.07) is 64.5. The van der Waals surface area contributed by atoms with Crippen molar-refractivity contribution in [3.8, 4) is 28.4 Å². The van der Waals surface area contributed by atoms with Crippen molar-refractivity contribution in [3.63, 3.8) is 0 Å². The number of aromatic nitrogens is 3. The summed E-state index contributed by atoms with van der Waals surface area (Å²) in [7, 11) is -1.92. The number of hydrogen-bond donors (Lipinski definition) is 0. The fourth-order valence-corrected chi connectivity index (χ4v) is 12.0. The highest BCUT2D eigenvalue weighted by Crippen LogP contribution is 2.46. The Morgan fingerprint density at radius 1 is 0.521 bits per heavy atom. The zero-order valence-electron chi connectivity index (χ0n) is 43.2. The van der Waals surface area contributed by atoms with E-state index in [1.165, 1.54) is 43.1 Å². The predicted octanol–water partition coefficient (Wildman–Crippen LogP) is 17.4. The predicted molar refractivity (Wildman–Crippen MR) is 305 cm³/mol. The lowest BCUT2D eigenvalue weighted by molar-refractivity contribution is 0.483. The topological polar surface area (TPSA) is 35.2 Å². The number of nitrogens with zero attached hydrogens (tertiary/aromatic N) is 4. The SMILES string of the molecule is [2H]c1cc(-c2cccc3c4ccccc4c4ccccc4c4cccc5c4n(c23)CN5c2cc(Oc3ccc4c5ccccc5n(-c5cc(C(C)(C)C)ccn5)c4c3)cc([Si](C)(C)C)c2)cc(C(C)(C)C)c1. The highest BCUT2D eigenvalue weighted by Gasteiger charge is 2.28. The Bertz CT molecular complexity index is 4090. The van der Waals surface area contributed by atoms with Crippen LogP contribution in [-0.4, -0.2) is 22.2 Å². The van der Waals surface area contributed by atoms with Crippen LogP contribution in [0.2, 0.25) is 19.6 Å². The Morgan fingerprint density at radius 3 is 1.82 bits per heavy atom. The average Bonchev–Trinajstić information content (AvgIpc) is 3.92. The van der Waals surface area contributed by atoms with Crippen molar-refractivity contribution in [2.24, 2.45) is 0 Å². The standard InChI is InChI=1S/C65H60N4OSi/c1-64(2,3)43-20-16-19-42(35-43)49-26-17-27-56-52-23-12-10-21-50(52)51-22-11-13-24-53(51)57-28-18-30-59-63(57)68(62(49)56)41-67(59)45-37-47(39-48(38-45)71(7,8)9)70-46-31-32-55-54-25-14-15-29-58(54)69(60(55)40-46)61-36-44(33-34-66-61)65(4,5)6/h10-40H,41H2,1-9H3/i16D. The second kappa shape index (κ2) is 16.5. The Labute approximate surface area is 419 Å². The van der Waals surface area contributed by atoms with Gasteiger partial charge in [0.2, 0.25) is 0 Å². The second-order valence-electron chi connectivity index (χ2n) is 22.5. The zero-order valence-corrected chi connectivity index (χ0v) is 43.2.